The minimum Gasteiger partial charge on any atom is -0.311 e. The summed E-state index contributed by atoms with van der Waals surface area (Å²) in [6, 6.07) is 0.484. The third-order valence-electron chi connectivity index (χ3n) is 2.93. The Morgan fingerprint density at radius 3 is 2.06 bits per heavy atom. The van der Waals surface area contributed by atoms with Gasteiger partial charge in [0.1, 0.15) is 5.78 Å². The third kappa shape index (κ3) is 7.65. The van der Waals surface area contributed by atoms with Gasteiger partial charge in [-0.3, -0.25) is 4.79 Å². The van der Waals surface area contributed by atoms with Crippen LogP contribution in [0.2, 0.25) is 0 Å². The maximum atomic E-state index is 12.2. The topological polar surface area (TPSA) is 29.1 Å². The van der Waals surface area contributed by atoms with Crippen molar-refractivity contribution in [2.24, 2.45) is 17.8 Å². The zero-order valence-corrected chi connectivity index (χ0v) is 13.2. The number of Topliss-reactive ketones (excluding diaryl/α,β-unsaturated/α-hetero) is 1. The number of allylic oxidation sites excluding steroid dienone is 1. The third-order valence-corrected chi connectivity index (χ3v) is 2.93. The van der Waals surface area contributed by atoms with Crippen LogP contribution in [0.15, 0.2) is 11.6 Å². The molecular weight excluding hydrogens is 222 g/mol. The maximum absolute atomic E-state index is 12.2. The van der Waals surface area contributed by atoms with Gasteiger partial charge < -0.3 is 5.32 Å². The lowest BCUT2D eigenvalue weighted by Gasteiger charge is -2.18. The van der Waals surface area contributed by atoms with E-state index in [1.807, 2.05) is 13.8 Å². The molecule has 0 aromatic carbocycles. The van der Waals surface area contributed by atoms with Gasteiger partial charge in [0.25, 0.3) is 0 Å². The van der Waals surface area contributed by atoms with E-state index >= 15 is 0 Å². The monoisotopic (exact) mass is 253 g/mol. The van der Waals surface area contributed by atoms with Crippen molar-refractivity contribution in [2.45, 2.75) is 60.9 Å². The minimum absolute atomic E-state index is 0.0824. The molecule has 0 aromatic heterocycles. The summed E-state index contributed by atoms with van der Waals surface area (Å²) in [6.07, 6.45) is 3.12. The second-order valence-electron chi connectivity index (χ2n) is 6.34. The number of ketones is 1. The summed E-state index contributed by atoms with van der Waals surface area (Å²) in [6.45, 7) is 15.6. The number of hydrogen-bond acceptors (Lipinski definition) is 2. The zero-order valence-electron chi connectivity index (χ0n) is 13.2. The minimum atomic E-state index is 0.0824. The van der Waals surface area contributed by atoms with Crippen molar-refractivity contribution in [1.29, 1.82) is 0 Å². The average Bonchev–Trinajstić information content (AvgIpc) is 2.23. The highest BCUT2D eigenvalue weighted by molar-refractivity contribution is 5.84. The van der Waals surface area contributed by atoms with Crippen LogP contribution in [0.3, 0.4) is 0 Å². The lowest BCUT2D eigenvalue weighted by Crippen LogP contribution is -2.25. The standard InChI is InChI=1S/C16H31NO/c1-11(2)8-15(16(18)12(3)4)9-14(7)10-17-13(5)6/h9,11-13,15,17H,8,10H2,1-7H3/b14-9+/t15-/m1/s1. The highest BCUT2D eigenvalue weighted by Crippen LogP contribution is 2.19. The molecule has 0 rings (SSSR count). The first-order valence-corrected chi connectivity index (χ1v) is 7.18. The number of hydrogen-bond donors (Lipinski definition) is 1. The molecular formula is C16H31NO. The van der Waals surface area contributed by atoms with Gasteiger partial charge >= 0.3 is 0 Å². The summed E-state index contributed by atoms with van der Waals surface area (Å²) < 4.78 is 0. The van der Waals surface area contributed by atoms with Crippen LogP contribution in [0.5, 0.6) is 0 Å². The molecule has 106 valence electrons. The Balaban J connectivity index is 4.65. The van der Waals surface area contributed by atoms with E-state index in [0.29, 0.717) is 17.7 Å². The van der Waals surface area contributed by atoms with Crippen LogP contribution in [0, 0.1) is 17.8 Å². The predicted molar refractivity (Wildman–Crippen MR) is 79.7 cm³/mol. The predicted octanol–water partition coefficient (Wildman–Crippen LogP) is 3.82. The second kappa shape index (κ2) is 8.47. The Kier molecular flexibility index (Phi) is 8.17. The van der Waals surface area contributed by atoms with Gasteiger partial charge in [0.15, 0.2) is 0 Å². The van der Waals surface area contributed by atoms with Gasteiger partial charge in [0, 0.05) is 24.4 Å². The van der Waals surface area contributed by atoms with E-state index in [0.717, 1.165) is 13.0 Å². The first-order valence-electron chi connectivity index (χ1n) is 7.18. The molecule has 0 aliphatic carbocycles. The van der Waals surface area contributed by atoms with Gasteiger partial charge in [-0.2, -0.15) is 0 Å². The van der Waals surface area contributed by atoms with Crippen LogP contribution in [0.1, 0.15) is 54.9 Å². The van der Waals surface area contributed by atoms with Crippen LogP contribution >= 0.6 is 0 Å². The first-order chi connectivity index (χ1) is 8.23. The van der Waals surface area contributed by atoms with Gasteiger partial charge in [0.2, 0.25) is 0 Å². The summed E-state index contributed by atoms with van der Waals surface area (Å²) in [4.78, 5) is 12.2. The van der Waals surface area contributed by atoms with Crippen molar-refractivity contribution < 1.29 is 4.79 Å². The molecule has 0 bridgehead atoms. The molecule has 0 aliphatic rings. The summed E-state index contributed by atoms with van der Waals surface area (Å²) in [5, 5.41) is 3.39. The Bertz CT molecular complexity index is 277. The van der Waals surface area contributed by atoms with E-state index < -0.39 is 0 Å². The largest absolute Gasteiger partial charge is 0.311 e. The van der Waals surface area contributed by atoms with E-state index in [1.54, 1.807) is 0 Å². The lowest BCUT2D eigenvalue weighted by atomic mass is 9.87. The van der Waals surface area contributed by atoms with E-state index in [-0.39, 0.29) is 11.8 Å². The molecule has 0 heterocycles. The Hall–Kier alpha value is -0.630. The number of carbonyl (C=O) groups excluding carboxylic acids is 1. The molecule has 0 fully saturated rings. The molecule has 0 unspecified atom stereocenters. The molecule has 2 nitrogen and oxygen atoms in total. The quantitative estimate of drug-likeness (QED) is 0.666. The number of nitrogens with one attached hydrogen (secondary N) is 1. The van der Waals surface area contributed by atoms with Crippen LogP contribution in [0.25, 0.3) is 0 Å². The van der Waals surface area contributed by atoms with E-state index in [4.69, 9.17) is 0 Å². The Morgan fingerprint density at radius 1 is 1.11 bits per heavy atom. The van der Waals surface area contributed by atoms with Gasteiger partial charge in [0.05, 0.1) is 0 Å². The molecule has 0 spiro atoms. The van der Waals surface area contributed by atoms with Crippen molar-refractivity contribution in [2.75, 3.05) is 6.54 Å². The van der Waals surface area contributed by atoms with Gasteiger partial charge in [-0.05, 0) is 19.3 Å². The average molecular weight is 253 g/mol. The summed E-state index contributed by atoms with van der Waals surface area (Å²) >= 11 is 0. The van der Waals surface area contributed by atoms with Crippen molar-refractivity contribution in [3.05, 3.63) is 11.6 Å². The summed E-state index contributed by atoms with van der Waals surface area (Å²) in [5.74, 6) is 1.13. The fourth-order valence-corrected chi connectivity index (χ4v) is 1.97. The van der Waals surface area contributed by atoms with E-state index in [9.17, 15) is 4.79 Å². The number of carbonyl (C=O) groups is 1. The summed E-state index contributed by atoms with van der Waals surface area (Å²) in [7, 11) is 0. The Labute approximate surface area is 113 Å². The highest BCUT2D eigenvalue weighted by Gasteiger charge is 2.20. The molecule has 1 N–H and O–H groups in total. The van der Waals surface area contributed by atoms with Gasteiger partial charge in [-0.1, -0.05) is 53.2 Å². The zero-order chi connectivity index (χ0) is 14.3. The van der Waals surface area contributed by atoms with Crippen molar-refractivity contribution in [3.63, 3.8) is 0 Å². The smallest absolute Gasteiger partial charge is 0.142 e. The van der Waals surface area contributed by atoms with E-state index in [1.165, 1.54) is 5.57 Å². The first kappa shape index (κ1) is 17.4. The second-order valence-corrected chi connectivity index (χ2v) is 6.34. The molecule has 0 saturated heterocycles. The van der Waals surface area contributed by atoms with Crippen LogP contribution in [-0.4, -0.2) is 18.4 Å². The lowest BCUT2D eigenvalue weighted by molar-refractivity contribution is -0.124. The number of rotatable bonds is 8. The van der Waals surface area contributed by atoms with Crippen LogP contribution in [-0.2, 0) is 4.79 Å². The van der Waals surface area contributed by atoms with Crippen molar-refractivity contribution >= 4 is 5.78 Å². The fourth-order valence-electron chi connectivity index (χ4n) is 1.97. The molecule has 2 heteroatoms. The highest BCUT2D eigenvalue weighted by atomic mass is 16.1. The summed E-state index contributed by atoms with van der Waals surface area (Å²) in [5.41, 5.74) is 1.27. The normalized spacial score (nSPS) is 14.7. The molecule has 0 amide bonds. The van der Waals surface area contributed by atoms with Crippen molar-refractivity contribution in [1.82, 2.24) is 5.32 Å². The van der Waals surface area contributed by atoms with Crippen molar-refractivity contribution in [3.8, 4) is 0 Å². The van der Waals surface area contributed by atoms with E-state index in [2.05, 4.69) is 46.0 Å². The molecule has 0 aromatic rings. The molecule has 0 aliphatic heterocycles. The fraction of sp³-hybridized carbons (Fsp3) is 0.812. The van der Waals surface area contributed by atoms with Gasteiger partial charge in [-0.15, -0.1) is 0 Å². The van der Waals surface area contributed by atoms with Crippen LogP contribution in [0.4, 0.5) is 0 Å². The molecule has 0 radical (unpaired) electrons. The van der Waals surface area contributed by atoms with Gasteiger partial charge in [-0.25, -0.2) is 0 Å². The SMILES string of the molecule is C/C(=C\[C@@H](CC(C)C)C(=O)C(C)C)CNC(C)C. The maximum Gasteiger partial charge on any atom is 0.142 e. The molecule has 18 heavy (non-hydrogen) atoms. The molecule has 1 atom stereocenters. The van der Waals surface area contributed by atoms with Crippen LogP contribution < -0.4 is 5.32 Å². The molecule has 0 saturated carbocycles. The Morgan fingerprint density at radius 2 is 1.67 bits per heavy atom.